The van der Waals surface area contributed by atoms with E-state index in [-0.39, 0.29) is 0 Å². The summed E-state index contributed by atoms with van der Waals surface area (Å²) in [6.45, 7) is 2.03. The minimum Gasteiger partial charge on any atom is -0.127 e. The number of hydrogen-bond acceptors (Lipinski definition) is 1. The monoisotopic (exact) mass is 250 g/mol. The van der Waals surface area contributed by atoms with E-state index >= 15 is 0 Å². The summed E-state index contributed by atoms with van der Waals surface area (Å²) in [4.78, 5) is 1.11. The molecule has 0 atom stereocenters. The van der Waals surface area contributed by atoms with Crippen LogP contribution >= 0.6 is 39.3 Å². The molecule has 0 unspecified atom stereocenters. The van der Waals surface area contributed by atoms with Gasteiger partial charge in [-0.15, -0.1) is 11.8 Å². The first-order valence-electron chi connectivity index (χ1n) is 3.15. The van der Waals surface area contributed by atoms with Crippen LogP contribution in [-0.2, 0) is 0 Å². The van der Waals surface area contributed by atoms with Gasteiger partial charge in [0, 0.05) is 9.37 Å². The van der Waals surface area contributed by atoms with Crippen LogP contribution in [0.3, 0.4) is 0 Å². The quantitative estimate of drug-likeness (QED) is 0.676. The second-order valence-corrected chi connectivity index (χ2v) is 4.34. The van der Waals surface area contributed by atoms with Crippen LogP contribution in [0.25, 0.3) is 0 Å². The zero-order chi connectivity index (χ0) is 8.43. The first kappa shape index (κ1) is 9.43. The molecule has 1 rings (SSSR count). The molecule has 11 heavy (non-hydrogen) atoms. The van der Waals surface area contributed by atoms with Crippen LogP contribution in [0.5, 0.6) is 0 Å². The minimum atomic E-state index is 0.823. The van der Waals surface area contributed by atoms with Crippen molar-refractivity contribution in [3.05, 3.63) is 27.2 Å². The van der Waals surface area contributed by atoms with E-state index in [4.69, 9.17) is 11.6 Å². The van der Waals surface area contributed by atoms with Crippen LogP contribution in [0.4, 0.5) is 0 Å². The summed E-state index contributed by atoms with van der Waals surface area (Å²) in [7, 11) is 0. The Hall–Kier alpha value is 0.340. The van der Waals surface area contributed by atoms with Crippen molar-refractivity contribution in [2.75, 3.05) is 6.26 Å². The van der Waals surface area contributed by atoms with Crippen molar-refractivity contribution in [3.8, 4) is 0 Å². The van der Waals surface area contributed by atoms with Gasteiger partial charge in [-0.1, -0.05) is 11.6 Å². The first-order chi connectivity index (χ1) is 5.15. The highest BCUT2D eigenvalue weighted by Crippen LogP contribution is 2.33. The molecule has 0 saturated heterocycles. The molecule has 0 aromatic heterocycles. The Kier molecular flexibility index (Phi) is 3.29. The smallest absolute Gasteiger partial charge is 0.0555 e. The van der Waals surface area contributed by atoms with Crippen LogP contribution in [0.2, 0.25) is 5.02 Å². The maximum Gasteiger partial charge on any atom is 0.0555 e. The number of hydrogen-bond donors (Lipinski definition) is 0. The van der Waals surface area contributed by atoms with Gasteiger partial charge >= 0.3 is 0 Å². The highest BCUT2D eigenvalue weighted by atomic mass is 79.9. The normalized spacial score (nSPS) is 10.2. The molecule has 0 spiro atoms. The van der Waals surface area contributed by atoms with Crippen LogP contribution < -0.4 is 0 Å². The summed E-state index contributed by atoms with van der Waals surface area (Å²) < 4.78 is 1.08. The summed E-state index contributed by atoms with van der Waals surface area (Å²) in [5.41, 5.74) is 1.18. The van der Waals surface area contributed by atoms with Crippen molar-refractivity contribution >= 4 is 39.3 Å². The Morgan fingerprint density at radius 3 is 2.55 bits per heavy atom. The largest absolute Gasteiger partial charge is 0.127 e. The van der Waals surface area contributed by atoms with Gasteiger partial charge in [0.15, 0.2) is 0 Å². The van der Waals surface area contributed by atoms with E-state index in [1.165, 1.54) is 5.56 Å². The third kappa shape index (κ3) is 2.14. The summed E-state index contributed by atoms with van der Waals surface area (Å²) in [6, 6.07) is 4.04. The van der Waals surface area contributed by atoms with Gasteiger partial charge in [0.1, 0.15) is 0 Å². The zero-order valence-electron chi connectivity index (χ0n) is 6.32. The molecule has 1 aromatic carbocycles. The third-order valence-corrected chi connectivity index (χ3v) is 3.49. The maximum absolute atomic E-state index is 5.98. The van der Waals surface area contributed by atoms with Crippen LogP contribution in [0, 0.1) is 6.92 Å². The van der Waals surface area contributed by atoms with E-state index in [0.29, 0.717) is 0 Å². The second kappa shape index (κ2) is 3.83. The molecule has 0 amide bonds. The molecule has 0 aliphatic rings. The molecule has 0 nitrogen and oxygen atoms in total. The fraction of sp³-hybridized carbons (Fsp3) is 0.250. The molecule has 1 aromatic rings. The molecule has 0 aliphatic heterocycles. The lowest BCUT2D eigenvalue weighted by molar-refractivity contribution is 1.34. The molecule has 60 valence electrons. The SMILES string of the molecule is CSc1c(Cl)cc(C)cc1Br. The van der Waals surface area contributed by atoms with E-state index in [0.717, 1.165) is 14.4 Å². The zero-order valence-corrected chi connectivity index (χ0v) is 9.48. The van der Waals surface area contributed by atoms with Gasteiger partial charge in [0.25, 0.3) is 0 Å². The Labute approximate surface area is 84.5 Å². The van der Waals surface area contributed by atoms with Crippen molar-refractivity contribution in [2.45, 2.75) is 11.8 Å². The number of thioether (sulfide) groups is 1. The van der Waals surface area contributed by atoms with Crippen LogP contribution in [0.1, 0.15) is 5.56 Å². The van der Waals surface area contributed by atoms with E-state index < -0.39 is 0 Å². The molecule has 0 saturated carbocycles. The molecule has 0 N–H and O–H groups in total. The lowest BCUT2D eigenvalue weighted by Gasteiger charge is -2.04. The van der Waals surface area contributed by atoms with E-state index in [9.17, 15) is 0 Å². The Morgan fingerprint density at radius 1 is 1.45 bits per heavy atom. The van der Waals surface area contributed by atoms with Crippen molar-refractivity contribution in [3.63, 3.8) is 0 Å². The summed E-state index contributed by atoms with van der Waals surface area (Å²) in [5, 5.41) is 0.823. The summed E-state index contributed by atoms with van der Waals surface area (Å²) in [5.74, 6) is 0. The van der Waals surface area contributed by atoms with E-state index in [1.54, 1.807) is 11.8 Å². The summed E-state index contributed by atoms with van der Waals surface area (Å²) in [6.07, 6.45) is 2.02. The Bertz CT molecular complexity index is 250. The lowest BCUT2D eigenvalue weighted by Crippen LogP contribution is -1.78. The Balaban J connectivity index is 3.25. The number of rotatable bonds is 1. The van der Waals surface area contributed by atoms with Gasteiger partial charge in [-0.05, 0) is 46.8 Å². The predicted octanol–water partition coefficient (Wildman–Crippen LogP) is 4.13. The third-order valence-electron chi connectivity index (χ3n) is 1.35. The van der Waals surface area contributed by atoms with Crippen molar-refractivity contribution in [1.82, 2.24) is 0 Å². The van der Waals surface area contributed by atoms with Gasteiger partial charge < -0.3 is 0 Å². The molecular weight excluding hydrogens is 244 g/mol. The average Bonchev–Trinajstić information content (AvgIpc) is 1.85. The molecule has 0 aliphatic carbocycles. The predicted molar refractivity (Wildman–Crippen MR) is 55.7 cm³/mol. The highest BCUT2D eigenvalue weighted by Gasteiger charge is 2.03. The molecule has 3 heteroatoms. The maximum atomic E-state index is 5.98. The standard InChI is InChI=1S/C8H8BrClS/c1-5-3-6(9)8(11-2)7(10)4-5/h3-4H,1-2H3. The van der Waals surface area contributed by atoms with Crippen molar-refractivity contribution < 1.29 is 0 Å². The molecule has 0 fully saturated rings. The first-order valence-corrected chi connectivity index (χ1v) is 5.54. The molecular formula is C8H8BrClS. The average molecular weight is 252 g/mol. The molecule has 0 bridgehead atoms. The van der Waals surface area contributed by atoms with E-state index in [1.807, 2.05) is 19.2 Å². The van der Waals surface area contributed by atoms with Crippen LogP contribution in [0.15, 0.2) is 21.5 Å². The topological polar surface area (TPSA) is 0 Å². The van der Waals surface area contributed by atoms with Gasteiger partial charge in [-0.2, -0.15) is 0 Å². The number of benzene rings is 1. The van der Waals surface area contributed by atoms with Crippen molar-refractivity contribution in [2.24, 2.45) is 0 Å². The van der Waals surface area contributed by atoms with Gasteiger partial charge in [0.2, 0.25) is 0 Å². The minimum absolute atomic E-state index is 0.823. The lowest BCUT2D eigenvalue weighted by atomic mass is 10.2. The summed E-state index contributed by atoms with van der Waals surface area (Å²) >= 11 is 11.1. The molecule has 0 heterocycles. The number of aryl methyl sites for hydroxylation is 1. The van der Waals surface area contributed by atoms with Gasteiger partial charge in [0.05, 0.1) is 5.02 Å². The fourth-order valence-corrected chi connectivity index (χ4v) is 3.07. The highest BCUT2D eigenvalue weighted by molar-refractivity contribution is 9.10. The second-order valence-electron chi connectivity index (χ2n) is 2.26. The van der Waals surface area contributed by atoms with Gasteiger partial charge in [-0.3, -0.25) is 0 Å². The van der Waals surface area contributed by atoms with E-state index in [2.05, 4.69) is 22.0 Å². The van der Waals surface area contributed by atoms with Crippen LogP contribution in [-0.4, -0.2) is 6.26 Å². The fourth-order valence-electron chi connectivity index (χ4n) is 0.882. The Morgan fingerprint density at radius 2 is 2.09 bits per heavy atom. The van der Waals surface area contributed by atoms with Gasteiger partial charge in [-0.25, -0.2) is 0 Å². The van der Waals surface area contributed by atoms with Crippen molar-refractivity contribution in [1.29, 1.82) is 0 Å². The molecule has 0 radical (unpaired) electrons. The number of halogens is 2.